The second-order valence-corrected chi connectivity index (χ2v) is 10.3. The van der Waals surface area contributed by atoms with Gasteiger partial charge in [0.2, 0.25) is 0 Å². The van der Waals surface area contributed by atoms with Crippen LogP contribution in [0.2, 0.25) is 0 Å². The molecule has 4 aliphatic carbocycles. The zero-order chi connectivity index (χ0) is 20.7. The minimum atomic E-state index is 0.0419. The summed E-state index contributed by atoms with van der Waals surface area (Å²) in [5.74, 6) is 4.94. The molecule has 2 aromatic rings. The monoisotopic (exact) mass is 425 g/mol. The van der Waals surface area contributed by atoms with Gasteiger partial charge in [-0.05, 0) is 80.1 Å². The highest BCUT2D eigenvalue weighted by Gasteiger charge is 2.48. The summed E-state index contributed by atoms with van der Waals surface area (Å²) in [5, 5.41) is 8.97. The molecule has 6 heteroatoms. The van der Waals surface area contributed by atoms with Gasteiger partial charge in [0, 0.05) is 12.1 Å². The molecule has 0 radical (unpaired) electrons. The summed E-state index contributed by atoms with van der Waals surface area (Å²) >= 11 is 1.71. The van der Waals surface area contributed by atoms with E-state index in [1.54, 1.807) is 25.1 Å². The zero-order valence-electron chi connectivity index (χ0n) is 17.8. The quantitative estimate of drug-likeness (QED) is 0.639. The second kappa shape index (κ2) is 8.29. The van der Waals surface area contributed by atoms with Gasteiger partial charge in [0.05, 0.1) is 24.6 Å². The minimum absolute atomic E-state index is 0.0419. The Morgan fingerprint density at radius 2 is 1.93 bits per heavy atom. The van der Waals surface area contributed by atoms with Gasteiger partial charge in [-0.25, -0.2) is 4.68 Å². The van der Waals surface area contributed by atoms with Crippen molar-refractivity contribution in [1.82, 2.24) is 15.1 Å². The van der Waals surface area contributed by atoms with Gasteiger partial charge in [0.1, 0.15) is 10.8 Å². The van der Waals surface area contributed by atoms with Crippen LogP contribution in [0.25, 0.3) is 5.69 Å². The SMILES string of the molecule is CCCSc1c(C(=O)NC2C3CC4CC(C3)CC2C4)cnn1-c1cccc(OC)c1. The van der Waals surface area contributed by atoms with Crippen LogP contribution < -0.4 is 10.1 Å². The van der Waals surface area contributed by atoms with Crippen LogP contribution in [0.15, 0.2) is 35.5 Å². The highest BCUT2D eigenvalue weighted by molar-refractivity contribution is 7.99. The lowest BCUT2D eigenvalue weighted by molar-refractivity contribution is -0.0120. The molecular formula is C24H31N3O2S. The number of hydrogen-bond acceptors (Lipinski definition) is 4. The van der Waals surface area contributed by atoms with Crippen LogP contribution in [0.5, 0.6) is 5.75 Å². The molecule has 0 atom stereocenters. The van der Waals surface area contributed by atoms with Crippen molar-refractivity contribution < 1.29 is 9.53 Å². The molecule has 0 saturated heterocycles. The van der Waals surface area contributed by atoms with E-state index in [0.717, 1.165) is 40.5 Å². The molecule has 4 saturated carbocycles. The molecule has 5 nitrogen and oxygen atoms in total. The summed E-state index contributed by atoms with van der Waals surface area (Å²) in [7, 11) is 1.67. The lowest BCUT2D eigenvalue weighted by atomic mass is 9.54. The Balaban J connectivity index is 1.40. The summed E-state index contributed by atoms with van der Waals surface area (Å²) in [4.78, 5) is 13.4. The minimum Gasteiger partial charge on any atom is -0.497 e. The number of thioether (sulfide) groups is 1. The third kappa shape index (κ3) is 3.64. The van der Waals surface area contributed by atoms with Gasteiger partial charge in [-0.2, -0.15) is 5.10 Å². The number of rotatable bonds is 7. The van der Waals surface area contributed by atoms with Crippen LogP contribution in [-0.4, -0.2) is 34.6 Å². The predicted molar refractivity (Wildman–Crippen MR) is 119 cm³/mol. The van der Waals surface area contributed by atoms with Crippen LogP contribution >= 0.6 is 11.8 Å². The summed E-state index contributed by atoms with van der Waals surface area (Å²) < 4.78 is 7.26. The normalized spacial score (nSPS) is 29.2. The first-order chi connectivity index (χ1) is 14.7. The number of benzene rings is 1. The molecule has 1 aromatic heterocycles. The lowest BCUT2D eigenvalue weighted by Gasteiger charge is -2.54. The van der Waals surface area contributed by atoms with Crippen LogP contribution in [0.1, 0.15) is 55.8 Å². The Morgan fingerprint density at radius 1 is 1.20 bits per heavy atom. The Kier molecular flexibility index (Phi) is 5.52. The molecule has 1 N–H and O–H groups in total. The molecule has 1 aromatic carbocycles. The Labute approximate surface area is 183 Å². The van der Waals surface area contributed by atoms with Gasteiger partial charge in [-0.3, -0.25) is 4.79 Å². The summed E-state index contributed by atoms with van der Waals surface area (Å²) in [6, 6.07) is 8.19. The number of nitrogens with one attached hydrogen (secondary N) is 1. The summed E-state index contributed by atoms with van der Waals surface area (Å²) in [5.41, 5.74) is 1.62. The van der Waals surface area contributed by atoms with Crippen molar-refractivity contribution in [2.75, 3.05) is 12.9 Å². The molecule has 1 amide bonds. The number of carbonyl (C=O) groups excluding carboxylic acids is 1. The van der Waals surface area contributed by atoms with Crippen molar-refractivity contribution in [1.29, 1.82) is 0 Å². The Bertz CT molecular complexity index is 897. The van der Waals surface area contributed by atoms with Crippen LogP contribution in [0.4, 0.5) is 0 Å². The van der Waals surface area contributed by atoms with Gasteiger partial charge in [-0.15, -0.1) is 11.8 Å². The molecular weight excluding hydrogens is 394 g/mol. The standard InChI is InChI=1S/C24H31N3O2S/c1-3-7-30-24-21(14-25-27(24)19-5-4-6-20(13-19)29-2)23(28)26-22-17-9-15-8-16(11-17)12-18(22)10-15/h4-6,13-18,22H,3,7-12H2,1-2H3,(H,26,28). The maximum absolute atomic E-state index is 13.4. The number of methoxy groups -OCH3 is 1. The van der Waals surface area contributed by atoms with E-state index in [1.807, 2.05) is 28.9 Å². The van der Waals surface area contributed by atoms with E-state index in [9.17, 15) is 4.79 Å². The number of aromatic nitrogens is 2. The molecule has 30 heavy (non-hydrogen) atoms. The first-order valence-corrected chi connectivity index (χ1v) is 12.3. The van der Waals surface area contributed by atoms with Crippen molar-refractivity contribution in [2.24, 2.45) is 23.7 Å². The van der Waals surface area contributed by atoms with E-state index in [-0.39, 0.29) is 5.91 Å². The number of amides is 1. The lowest BCUT2D eigenvalue weighted by Crippen LogP contribution is -2.55. The number of hydrogen-bond donors (Lipinski definition) is 1. The highest BCUT2D eigenvalue weighted by atomic mass is 32.2. The summed E-state index contributed by atoms with van der Waals surface area (Å²) in [6.45, 7) is 2.16. The molecule has 4 aliphatic rings. The van der Waals surface area contributed by atoms with Gasteiger partial charge in [0.15, 0.2) is 0 Å². The van der Waals surface area contributed by atoms with E-state index in [0.29, 0.717) is 23.4 Å². The van der Waals surface area contributed by atoms with E-state index >= 15 is 0 Å². The van der Waals surface area contributed by atoms with E-state index in [4.69, 9.17) is 4.74 Å². The first kappa shape index (κ1) is 20.0. The number of nitrogens with zero attached hydrogens (tertiary/aromatic N) is 2. The second-order valence-electron chi connectivity index (χ2n) is 9.26. The van der Waals surface area contributed by atoms with Gasteiger partial charge >= 0.3 is 0 Å². The van der Waals surface area contributed by atoms with Crippen molar-refractivity contribution in [3.63, 3.8) is 0 Å². The molecule has 0 aliphatic heterocycles. The third-order valence-electron chi connectivity index (χ3n) is 7.23. The van der Waals surface area contributed by atoms with E-state index < -0.39 is 0 Å². The van der Waals surface area contributed by atoms with Gasteiger partial charge in [-0.1, -0.05) is 13.0 Å². The average molecular weight is 426 g/mol. The van der Waals surface area contributed by atoms with Crippen molar-refractivity contribution in [3.8, 4) is 11.4 Å². The van der Waals surface area contributed by atoms with Crippen molar-refractivity contribution in [3.05, 3.63) is 36.0 Å². The Morgan fingerprint density at radius 3 is 2.60 bits per heavy atom. The van der Waals surface area contributed by atoms with Crippen LogP contribution in [-0.2, 0) is 0 Å². The fraction of sp³-hybridized carbons (Fsp3) is 0.583. The predicted octanol–water partition coefficient (Wildman–Crippen LogP) is 4.94. The van der Waals surface area contributed by atoms with E-state index in [2.05, 4.69) is 17.3 Å². The molecule has 0 spiro atoms. The average Bonchev–Trinajstić information content (AvgIpc) is 3.18. The molecule has 4 bridgehead atoms. The smallest absolute Gasteiger partial charge is 0.255 e. The molecule has 6 rings (SSSR count). The topological polar surface area (TPSA) is 56.2 Å². The molecule has 4 fully saturated rings. The molecule has 0 unspecified atom stereocenters. The van der Waals surface area contributed by atoms with Gasteiger partial charge in [0.25, 0.3) is 5.91 Å². The molecule has 1 heterocycles. The van der Waals surface area contributed by atoms with Crippen molar-refractivity contribution in [2.45, 2.75) is 56.5 Å². The molecule has 160 valence electrons. The zero-order valence-corrected chi connectivity index (χ0v) is 18.7. The van der Waals surface area contributed by atoms with Crippen molar-refractivity contribution >= 4 is 17.7 Å². The maximum atomic E-state index is 13.4. The first-order valence-electron chi connectivity index (χ1n) is 11.3. The van der Waals surface area contributed by atoms with Gasteiger partial charge < -0.3 is 10.1 Å². The van der Waals surface area contributed by atoms with Crippen LogP contribution in [0.3, 0.4) is 0 Å². The Hall–Kier alpha value is -1.95. The number of ether oxygens (including phenoxy) is 1. The fourth-order valence-electron chi connectivity index (χ4n) is 6.15. The summed E-state index contributed by atoms with van der Waals surface area (Å²) in [6.07, 6.45) is 9.43. The van der Waals surface area contributed by atoms with E-state index in [1.165, 1.54) is 32.1 Å². The highest BCUT2D eigenvalue weighted by Crippen LogP contribution is 2.53. The largest absolute Gasteiger partial charge is 0.497 e. The number of carbonyl (C=O) groups is 1. The fourth-order valence-corrected chi connectivity index (χ4v) is 7.12. The maximum Gasteiger partial charge on any atom is 0.255 e. The third-order valence-corrected chi connectivity index (χ3v) is 8.51. The van der Waals surface area contributed by atoms with Crippen LogP contribution in [0, 0.1) is 23.7 Å².